The van der Waals surface area contributed by atoms with E-state index in [2.05, 4.69) is 6.58 Å². The predicted molar refractivity (Wildman–Crippen MR) is 71.6 cm³/mol. The fourth-order valence-corrected chi connectivity index (χ4v) is 1.68. The van der Waals surface area contributed by atoms with Gasteiger partial charge >= 0.3 is 12.1 Å². The number of likely N-dealkylation sites (N-methyl/N-ethyl adjacent to an activating group) is 1. The molecule has 1 aromatic rings. The minimum Gasteiger partial charge on any atom is -0.478 e. The largest absolute Gasteiger partial charge is 0.478 e. The topological polar surface area (TPSA) is 40.5 Å². The molecule has 0 aliphatic carbocycles. The van der Waals surface area contributed by atoms with Gasteiger partial charge in [0, 0.05) is 25.4 Å². The number of alkyl halides is 3. The summed E-state index contributed by atoms with van der Waals surface area (Å²) < 4.78 is 39.1. The number of halogens is 3. The van der Waals surface area contributed by atoms with Gasteiger partial charge in [0.15, 0.2) is 0 Å². The zero-order valence-electron chi connectivity index (χ0n) is 10.8. The Morgan fingerprint density at radius 1 is 1.45 bits per heavy atom. The molecular weight excluding hydrogens is 271 g/mol. The maximum absolute atomic E-state index is 13.0. The number of carbonyl (C=O) groups is 1. The minimum absolute atomic E-state index is 0.0184. The first-order valence-corrected chi connectivity index (χ1v) is 5.70. The van der Waals surface area contributed by atoms with Crippen molar-refractivity contribution in [3.05, 3.63) is 48.1 Å². The maximum atomic E-state index is 13.0. The van der Waals surface area contributed by atoms with Crippen LogP contribution < -0.4 is 4.90 Å². The van der Waals surface area contributed by atoms with Crippen molar-refractivity contribution in [2.24, 2.45) is 0 Å². The van der Waals surface area contributed by atoms with Crippen molar-refractivity contribution in [2.45, 2.75) is 6.18 Å². The van der Waals surface area contributed by atoms with Crippen LogP contribution in [0.15, 0.2) is 36.9 Å². The molecule has 1 aromatic carbocycles. The molecule has 3 nitrogen and oxygen atoms in total. The van der Waals surface area contributed by atoms with E-state index in [-0.39, 0.29) is 17.8 Å². The van der Waals surface area contributed by atoms with Crippen molar-refractivity contribution in [2.75, 3.05) is 18.5 Å². The molecule has 0 aliphatic heterocycles. The second-order valence-electron chi connectivity index (χ2n) is 4.12. The SMILES string of the molecule is C=CCN(C)c1ccc(/C=C/C(=O)O)cc1C(F)(F)F. The highest BCUT2D eigenvalue weighted by Gasteiger charge is 2.34. The molecule has 0 saturated heterocycles. The van der Waals surface area contributed by atoms with Crippen LogP contribution in [-0.2, 0) is 11.0 Å². The lowest BCUT2D eigenvalue weighted by molar-refractivity contribution is -0.137. The molecule has 0 aliphatic rings. The molecule has 1 rings (SSSR count). The van der Waals surface area contributed by atoms with Gasteiger partial charge in [0.05, 0.1) is 5.56 Å². The monoisotopic (exact) mass is 285 g/mol. The van der Waals surface area contributed by atoms with Gasteiger partial charge in [-0.05, 0) is 23.8 Å². The first-order valence-electron chi connectivity index (χ1n) is 5.70. The van der Waals surface area contributed by atoms with E-state index in [0.717, 1.165) is 18.2 Å². The number of anilines is 1. The van der Waals surface area contributed by atoms with E-state index < -0.39 is 17.7 Å². The number of carboxylic acid groups (broad SMARTS) is 1. The predicted octanol–water partition coefficient (Wildman–Crippen LogP) is 3.43. The van der Waals surface area contributed by atoms with Crippen LogP contribution in [0.2, 0.25) is 0 Å². The first kappa shape index (κ1) is 15.8. The van der Waals surface area contributed by atoms with Crippen molar-refractivity contribution in [1.82, 2.24) is 0 Å². The van der Waals surface area contributed by atoms with Crippen LogP contribution in [-0.4, -0.2) is 24.7 Å². The van der Waals surface area contributed by atoms with Gasteiger partial charge < -0.3 is 10.0 Å². The molecule has 0 aromatic heterocycles. The number of nitrogens with zero attached hydrogens (tertiary/aromatic N) is 1. The molecule has 0 amide bonds. The zero-order chi connectivity index (χ0) is 15.3. The van der Waals surface area contributed by atoms with Crippen molar-refractivity contribution in [3.63, 3.8) is 0 Å². The number of hydrogen-bond donors (Lipinski definition) is 1. The Labute approximate surface area is 114 Å². The Bertz CT molecular complexity index is 536. The molecule has 0 heterocycles. The van der Waals surface area contributed by atoms with E-state index in [1.807, 2.05) is 0 Å². The Balaban J connectivity index is 3.27. The Morgan fingerprint density at radius 3 is 2.60 bits per heavy atom. The first-order chi connectivity index (χ1) is 9.25. The van der Waals surface area contributed by atoms with Crippen LogP contribution in [0.1, 0.15) is 11.1 Å². The third-order valence-electron chi connectivity index (χ3n) is 2.56. The van der Waals surface area contributed by atoms with Crippen LogP contribution in [0.3, 0.4) is 0 Å². The summed E-state index contributed by atoms with van der Waals surface area (Å²) in [6.45, 7) is 3.76. The number of aliphatic carboxylic acids is 1. The Kier molecular flexibility index (Phi) is 4.96. The second-order valence-corrected chi connectivity index (χ2v) is 4.12. The normalized spacial score (nSPS) is 11.6. The van der Waals surface area contributed by atoms with Crippen LogP contribution in [0.25, 0.3) is 6.08 Å². The smallest absolute Gasteiger partial charge is 0.418 e. The highest BCUT2D eigenvalue weighted by molar-refractivity contribution is 5.85. The molecule has 0 atom stereocenters. The fraction of sp³-hybridized carbons (Fsp3) is 0.214. The van der Waals surface area contributed by atoms with Crippen LogP contribution in [0, 0.1) is 0 Å². The summed E-state index contributed by atoms with van der Waals surface area (Å²) >= 11 is 0. The number of benzene rings is 1. The molecule has 108 valence electrons. The van der Waals surface area contributed by atoms with Crippen LogP contribution in [0.4, 0.5) is 18.9 Å². The van der Waals surface area contributed by atoms with Gasteiger partial charge in [-0.15, -0.1) is 6.58 Å². The molecule has 0 fully saturated rings. The second kappa shape index (κ2) is 6.27. The summed E-state index contributed by atoms with van der Waals surface area (Å²) in [5.74, 6) is -1.22. The Morgan fingerprint density at radius 2 is 2.10 bits per heavy atom. The van der Waals surface area contributed by atoms with E-state index in [0.29, 0.717) is 0 Å². The number of carboxylic acids is 1. The van der Waals surface area contributed by atoms with Gasteiger partial charge in [-0.2, -0.15) is 13.2 Å². The van der Waals surface area contributed by atoms with Crippen molar-refractivity contribution < 1.29 is 23.1 Å². The lowest BCUT2D eigenvalue weighted by Gasteiger charge is -2.22. The molecule has 0 radical (unpaired) electrons. The van der Waals surface area contributed by atoms with Gasteiger partial charge in [-0.3, -0.25) is 0 Å². The lowest BCUT2D eigenvalue weighted by Crippen LogP contribution is -2.21. The minimum atomic E-state index is -4.52. The highest BCUT2D eigenvalue weighted by atomic mass is 19.4. The fourth-order valence-electron chi connectivity index (χ4n) is 1.68. The van der Waals surface area contributed by atoms with E-state index >= 15 is 0 Å². The van der Waals surface area contributed by atoms with Gasteiger partial charge in [-0.1, -0.05) is 12.1 Å². The lowest BCUT2D eigenvalue weighted by atomic mass is 10.1. The summed E-state index contributed by atoms with van der Waals surface area (Å²) in [6, 6.07) is 3.67. The van der Waals surface area contributed by atoms with Crippen molar-refractivity contribution in [1.29, 1.82) is 0 Å². The van der Waals surface area contributed by atoms with Crippen molar-refractivity contribution in [3.8, 4) is 0 Å². The molecule has 0 saturated carbocycles. The molecule has 6 heteroatoms. The van der Waals surface area contributed by atoms with E-state index in [1.54, 1.807) is 0 Å². The molecular formula is C14H14F3NO2. The maximum Gasteiger partial charge on any atom is 0.418 e. The molecule has 0 unspecified atom stereocenters. The standard InChI is InChI=1S/C14H14F3NO2/c1-3-8-18(2)12-6-4-10(5-7-13(19)20)9-11(12)14(15,16)17/h3-7,9H,1,8H2,2H3,(H,19,20)/b7-5+. The van der Waals surface area contributed by atoms with E-state index in [4.69, 9.17) is 5.11 Å². The summed E-state index contributed by atoms with van der Waals surface area (Å²) in [5, 5.41) is 8.49. The zero-order valence-corrected chi connectivity index (χ0v) is 10.8. The van der Waals surface area contributed by atoms with Crippen LogP contribution in [0.5, 0.6) is 0 Å². The summed E-state index contributed by atoms with van der Waals surface area (Å²) in [7, 11) is 1.53. The van der Waals surface area contributed by atoms with E-state index in [9.17, 15) is 18.0 Å². The average molecular weight is 285 g/mol. The average Bonchev–Trinajstić information content (AvgIpc) is 2.35. The third-order valence-corrected chi connectivity index (χ3v) is 2.56. The molecule has 0 spiro atoms. The molecule has 1 N–H and O–H groups in total. The molecule has 20 heavy (non-hydrogen) atoms. The van der Waals surface area contributed by atoms with Gasteiger partial charge in [0.2, 0.25) is 0 Å². The number of rotatable bonds is 5. The quantitative estimate of drug-likeness (QED) is 0.665. The number of hydrogen-bond acceptors (Lipinski definition) is 2. The van der Waals surface area contributed by atoms with Crippen molar-refractivity contribution >= 4 is 17.7 Å². The van der Waals surface area contributed by atoms with E-state index in [1.165, 1.54) is 30.2 Å². The highest BCUT2D eigenvalue weighted by Crippen LogP contribution is 2.37. The van der Waals surface area contributed by atoms with Crippen LogP contribution >= 0.6 is 0 Å². The third kappa shape index (κ3) is 4.15. The van der Waals surface area contributed by atoms with Gasteiger partial charge in [0.1, 0.15) is 0 Å². The Hall–Kier alpha value is -2.24. The summed E-state index contributed by atoms with van der Waals surface area (Å²) in [4.78, 5) is 11.8. The summed E-state index contributed by atoms with van der Waals surface area (Å²) in [6.07, 6.45) is -1.10. The summed E-state index contributed by atoms with van der Waals surface area (Å²) in [5.41, 5.74) is -0.616. The van der Waals surface area contributed by atoms with Gasteiger partial charge in [0.25, 0.3) is 0 Å². The molecule has 0 bridgehead atoms. The van der Waals surface area contributed by atoms with Gasteiger partial charge in [-0.25, -0.2) is 4.79 Å².